The number of ether oxygens (including phenoxy) is 2. The van der Waals surface area contributed by atoms with Gasteiger partial charge in [0.25, 0.3) is 0 Å². The van der Waals surface area contributed by atoms with Gasteiger partial charge in [0.2, 0.25) is 5.88 Å². The van der Waals surface area contributed by atoms with Crippen molar-refractivity contribution in [3.05, 3.63) is 88.8 Å². The van der Waals surface area contributed by atoms with Gasteiger partial charge in [-0.1, -0.05) is 42.5 Å². The molecule has 0 aromatic heterocycles. The maximum absolute atomic E-state index is 11.7. The van der Waals surface area contributed by atoms with Crippen molar-refractivity contribution >= 4 is 16.7 Å². The summed E-state index contributed by atoms with van der Waals surface area (Å²) in [6.07, 6.45) is 0. The highest BCUT2D eigenvalue weighted by molar-refractivity contribution is 5.91. The van der Waals surface area contributed by atoms with E-state index in [1.165, 1.54) is 7.11 Å². The van der Waals surface area contributed by atoms with Crippen molar-refractivity contribution in [2.45, 2.75) is 5.92 Å². The van der Waals surface area contributed by atoms with E-state index >= 15 is 0 Å². The average Bonchev–Trinajstić information content (AvgIpc) is 2.72. The first-order valence-corrected chi connectivity index (χ1v) is 8.41. The fourth-order valence-corrected chi connectivity index (χ4v) is 3.50. The first-order chi connectivity index (χ1) is 13.1. The van der Waals surface area contributed by atoms with E-state index in [4.69, 9.17) is 15.2 Å². The van der Waals surface area contributed by atoms with Gasteiger partial charge in [-0.05, 0) is 34.5 Å². The highest BCUT2D eigenvalue weighted by Gasteiger charge is 2.32. The molecule has 0 aliphatic carbocycles. The number of carbonyl (C=O) groups is 1. The number of allylic oxidation sites excluding steroid dienone is 1. The highest BCUT2D eigenvalue weighted by Crippen LogP contribution is 2.45. The predicted octanol–water partition coefficient (Wildman–Crippen LogP) is 3.84. The molecule has 1 atom stereocenters. The lowest BCUT2D eigenvalue weighted by atomic mass is 9.81. The monoisotopic (exact) mass is 356 g/mol. The summed E-state index contributed by atoms with van der Waals surface area (Å²) in [7, 11) is 1.34. The van der Waals surface area contributed by atoms with Crippen LogP contribution in [0.1, 0.15) is 27.4 Å². The van der Waals surface area contributed by atoms with Crippen LogP contribution in [0.3, 0.4) is 0 Å². The van der Waals surface area contributed by atoms with E-state index in [2.05, 4.69) is 6.07 Å². The zero-order valence-electron chi connectivity index (χ0n) is 14.6. The lowest BCUT2D eigenvalue weighted by Crippen LogP contribution is -2.21. The van der Waals surface area contributed by atoms with Crippen LogP contribution in [0.15, 0.2) is 72.1 Å². The number of esters is 1. The number of nitriles is 1. The summed E-state index contributed by atoms with van der Waals surface area (Å²) in [4.78, 5) is 11.7. The second kappa shape index (κ2) is 6.50. The van der Waals surface area contributed by atoms with Gasteiger partial charge < -0.3 is 15.2 Å². The molecule has 0 saturated carbocycles. The fraction of sp³-hybridized carbons (Fsp3) is 0.0909. The minimum atomic E-state index is -0.407. The van der Waals surface area contributed by atoms with Gasteiger partial charge in [0.05, 0.1) is 18.6 Å². The third-order valence-electron chi connectivity index (χ3n) is 4.78. The Labute approximate surface area is 156 Å². The molecule has 0 saturated heterocycles. The van der Waals surface area contributed by atoms with Crippen LogP contribution in [0.2, 0.25) is 0 Å². The van der Waals surface area contributed by atoms with E-state index < -0.39 is 5.97 Å². The SMILES string of the molecule is COC(=O)c1ccc([C@H]2C(C#N)=C(N)Oc3ccc4ccccc4c32)cc1. The largest absolute Gasteiger partial charge is 0.465 e. The van der Waals surface area contributed by atoms with Gasteiger partial charge in [-0.25, -0.2) is 4.79 Å². The third kappa shape index (κ3) is 2.68. The lowest BCUT2D eigenvalue weighted by molar-refractivity contribution is 0.0600. The summed E-state index contributed by atoms with van der Waals surface area (Å²) < 4.78 is 10.5. The first kappa shape index (κ1) is 16.7. The van der Waals surface area contributed by atoms with Crippen LogP contribution in [0, 0.1) is 11.3 Å². The van der Waals surface area contributed by atoms with Crippen molar-refractivity contribution in [3.8, 4) is 11.8 Å². The molecule has 5 heteroatoms. The smallest absolute Gasteiger partial charge is 0.337 e. The number of fused-ring (bicyclic) bond motifs is 3. The summed E-state index contributed by atoms with van der Waals surface area (Å²) in [5, 5.41) is 11.8. The Morgan fingerprint density at radius 1 is 1.11 bits per heavy atom. The van der Waals surface area contributed by atoms with Gasteiger partial charge in [-0.15, -0.1) is 0 Å². The Balaban J connectivity index is 1.95. The van der Waals surface area contributed by atoms with Crippen LogP contribution >= 0.6 is 0 Å². The number of hydrogen-bond acceptors (Lipinski definition) is 5. The zero-order chi connectivity index (χ0) is 19.0. The van der Waals surface area contributed by atoms with Gasteiger partial charge in [0.1, 0.15) is 17.4 Å². The summed E-state index contributed by atoms with van der Waals surface area (Å²) in [5.41, 5.74) is 8.58. The number of carbonyl (C=O) groups excluding carboxylic acids is 1. The van der Waals surface area contributed by atoms with Gasteiger partial charge >= 0.3 is 5.97 Å². The molecule has 1 aliphatic rings. The van der Waals surface area contributed by atoms with Crippen molar-refractivity contribution in [2.24, 2.45) is 5.73 Å². The molecule has 27 heavy (non-hydrogen) atoms. The second-order valence-corrected chi connectivity index (χ2v) is 6.24. The molecule has 4 rings (SSSR count). The Kier molecular flexibility index (Phi) is 4.02. The molecular formula is C22H16N2O3. The molecule has 0 radical (unpaired) electrons. The molecule has 0 bridgehead atoms. The van der Waals surface area contributed by atoms with E-state index in [-0.39, 0.29) is 11.8 Å². The van der Waals surface area contributed by atoms with Crippen molar-refractivity contribution in [3.63, 3.8) is 0 Å². The number of methoxy groups -OCH3 is 1. The molecule has 3 aromatic rings. The molecule has 3 aromatic carbocycles. The average molecular weight is 356 g/mol. The van der Waals surface area contributed by atoms with Crippen LogP contribution < -0.4 is 10.5 Å². The normalized spacial score (nSPS) is 15.6. The van der Waals surface area contributed by atoms with Gasteiger partial charge in [0.15, 0.2) is 0 Å². The lowest BCUT2D eigenvalue weighted by Gasteiger charge is -2.28. The fourth-order valence-electron chi connectivity index (χ4n) is 3.50. The summed E-state index contributed by atoms with van der Waals surface area (Å²) in [6, 6.07) is 21.0. The van der Waals surface area contributed by atoms with Crippen LogP contribution in [0.5, 0.6) is 5.75 Å². The quantitative estimate of drug-likeness (QED) is 0.705. The molecule has 0 unspecified atom stereocenters. The molecule has 2 N–H and O–H groups in total. The van der Waals surface area contributed by atoms with Crippen LogP contribution in [-0.2, 0) is 4.74 Å². The van der Waals surface area contributed by atoms with Crippen LogP contribution in [0.25, 0.3) is 10.8 Å². The third-order valence-corrected chi connectivity index (χ3v) is 4.78. The van der Waals surface area contributed by atoms with E-state index in [0.29, 0.717) is 16.9 Å². The Morgan fingerprint density at radius 2 is 1.85 bits per heavy atom. The zero-order valence-corrected chi connectivity index (χ0v) is 14.6. The van der Waals surface area contributed by atoms with Crippen LogP contribution in [0.4, 0.5) is 0 Å². The first-order valence-electron chi connectivity index (χ1n) is 8.41. The molecule has 1 aliphatic heterocycles. The standard InChI is InChI=1S/C22H16N2O3/c1-26-22(25)15-8-6-14(7-9-15)19-17(12-23)21(24)27-18-11-10-13-4-2-3-5-16(13)20(18)19/h2-11,19H,24H2,1H3/t19-/m0/s1. The van der Waals surface area contributed by atoms with E-state index in [1.54, 1.807) is 12.1 Å². The molecule has 0 spiro atoms. The number of hydrogen-bond donors (Lipinski definition) is 1. The van der Waals surface area contributed by atoms with Crippen LogP contribution in [-0.4, -0.2) is 13.1 Å². The van der Waals surface area contributed by atoms with Crippen molar-refractivity contribution < 1.29 is 14.3 Å². The Hall–Kier alpha value is -3.78. The maximum Gasteiger partial charge on any atom is 0.337 e. The van der Waals surface area contributed by atoms with Gasteiger partial charge in [0, 0.05) is 5.56 Å². The van der Waals surface area contributed by atoms with E-state index in [1.807, 2.05) is 48.5 Å². The predicted molar refractivity (Wildman–Crippen MR) is 101 cm³/mol. The second-order valence-electron chi connectivity index (χ2n) is 6.24. The molecule has 0 fully saturated rings. The topological polar surface area (TPSA) is 85.3 Å². The summed E-state index contributed by atoms with van der Waals surface area (Å²) >= 11 is 0. The van der Waals surface area contributed by atoms with Gasteiger partial charge in [-0.2, -0.15) is 5.26 Å². The molecule has 132 valence electrons. The number of nitrogens with two attached hydrogens (primary N) is 1. The maximum atomic E-state index is 11.7. The number of rotatable bonds is 2. The molecule has 0 amide bonds. The Morgan fingerprint density at radius 3 is 2.56 bits per heavy atom. The summed E-state index contributed by atoms with van der Waals surface area (Å²) in [5.74, 6) is -0.0546. The minimum absolute atomic E-state index is 0.0994. The number of nitrogens with zero attached hydrogens (tertiary/aromatic N) is 1. The molecule has 1 heterocycles. The van der Waals surface area contributed by atoms with Crippen molar-refractivity contribution in [1.82, 2.24) is 0 Å². The summed E-state index contributed by atoms with van der Waals surface area (Å²) in [6.45, 7) is 0. The molecular weight excluding hydrogens is 340 g/mol. The number of benzene rings is 3. The molecule has 5 nitrogen and oxygen atoms in total. The highest BCUT2D eigenvalue weighted by atomic mass is 16.5. The van der Waals surface area contributed by atoms with E-state index in [9.17, 15) is 10.1 Å². The van der Waals surface area contributed by atoms with Crippen molar-refractivity contribution in [2.75, 3.05) is 7.11 Å². The Bertz CT molecular complexity index is 1120. The minimum Gasteiger partial charge on any atom is -0.465 e. The van der Waals surface area contributed by atoms with Crippen molar-refractivity contribution in [1.29, 1.82) is 5.26 Å². The van der Waals surface area contributed by atoms with Gasteiger partial charge in [-0.3, -0.25) is 0 Å². The van der Waals surface area contributed by atoms with E-state index in [0.717, 1.165) is 21.9 Å².